The van der Waals surface area contributed by atoms with E-state index in [1.807, 2.05) is 25.1 Å². The maximum Gasteiger partial charge on any atom is 0.262 e. The van der Waals surface area contributed by atoms with Gasteiger partial charge in [0.05, 0.1) is 16.6 Å². The molecule has 1 aliphatic heterocycles. The number of aromatic nitrogens is 1. The number of carbonyl (C=O) groups excluding carboxylic acids is 2. The number of thioether (sulfide) groups is 1. The van der Waals surface area contributed by atoms with Crippen LogP contribution in [0.1, 0.15) is 23.4 Å². The number of hydrogen-bond donors (Lipinski definition) is 2. The molecule has 0 aliphatic carbocycles. The number of allylic oxidation sites excluding steroid dienone is 1. The van der Waals surface area contributed by atoms with Gasteiger partial charge in [0, 0.05) is 17.3 Å². The smallest absolute Gasteiger partial charge is 0.262 e. The van der Waals surface area contributed by atoms with Gasteiger partial charge in [0.25, 0.3) is 5.91 Å². The van der Waals surface area contributed by atoms with E-state index in [1.165, 1.54) is 11.3 Å². The summed E-state index contributed by atoms with van der Waals surface area (Å²) in [5.41, 5.74) is 1.43. The van der Waals surface area contributed by atoms with E-state index >= 15 is 0 Å². The number of ether oxygens (including phenoxy) is 2. The number of benzene rings is 2. The van der Waals surface area contributed by atoms with Crippen molar-refractivity contribution in [3.63, 3.8) is 0 Å². The largest absolute Gasteiger partial charge is 0.490 e. The van der Waals surface area contributed by atoms with Crippen LogP contribution in [0.2, 0.25) is 0 Å². The highest BCUT2D eigenvalue weighted by Gasteiger charge is 2.38. The lowest BCUT2D eigenvalue weighted by molar-refractivity contribution is -0.118. The lowest BCUT2D eigenvalue weighted by atomic mass is 10.0. The van der Waals surface area contributed by atoms with Crippen molar-refractivity contribution in [2.24, 2.45) is 0 Å². The minimum atomic E-state index is -0.627. The molecule has 33 heavy (non-hydrogen) atoms. The molecule has 7 nitrogen and oxygen atoms in total. The van der Waals surface area contributed by atoms with Gasteiger partial charge < -0.3 is 14.8 Å². The van der Waals surface area contributed by atoms with Crippen LogP contribution >= 0.6 is 23.1 Å². The van der Waals surface area contributed by atoms with Crippen molar-refractivity contribution in [2.75, 3.05) is 18.5 Å². The second-order valence-corrected chi connectivity index (χ2v) is 8.99. The summed E-state index contributed by atoms with van der Waals surface area (Å²) in [6.07, 6.45) is 3.38. The molecule has 1 aromatic heterocycles. The summed E-state index contributed by atoms with van der Waals surface area (Å²) in [7, 11) is 0. The molecule has 2 heterocycles. The van der Waals surface area contributed by atoms with Crippen LogP contribution in [0.3, 0.4) is 0 Å². The predicted octanol–water partition coefficient (Wildman–Crippen LogP) is 4.98. The molecule has 0 bridgehead atoms. The number of thiazole rings is 1. The quantitative estimate of drug-likeness (QED) is 0.442. The molecule has 9 heteroatoms. The fourth-order valence-corrected chi connectivity index (χ4v) is 5.01. The molecule has 2 aromatic carbocycles. The Morgan fingerprint density at radius 3 is 2.73 bits per heavy atom. The summed E-state index contributed by atoms with van der Waals surface area (Å²) in [4.78, 5) is 29.7. The standard InChI is InChI=1S/C24H21N3O4S2/c1-2-30-18-12-15(13-19-22(29)21(23(25)33-19)24-26-10-11-32-24)8-9-17(18)31-14-20(28)27-16-6-4-3-5-7-16/h3-13,21,25H,2,14H2,1H3,(H,27,28)/b19-13-,25-23?/t21-/m0/s1. The number of amides is 1. The van der Waals surface area contributed by atoms with E-state index in [-0.39, 0.29) is 23.3 Å². The molecule has 1 atom stereocenters. The zero-order valence-electron chi connectivity index (χ0n) is 17.7. The zero-order chi connectivity index (χ0) is 23.2. The Hall–Kier alpha value is -3.43. The minimum absolute atomic E-state index is 0.129. The van der Waals surface area contributed by atoms with Crippen LogP contribution in [0.5, 0.6) is 11.5 Å². The molecule has 1 amide bonds. The van der Waals surface area contributed by atoms with Crippen molar-refractivity contribution in [3.8, 4) is 11.5 Å². The number of para-hydroxylation sites is 1. The van der Waals surface area contributed by atoms with E-state index < -0.39 is 5.92 Å². The molecule has 3 aromatic rings. The normalized spacial score (nSPS) is 16.8. The third-order valence-electron chi connectivity index (χ3n) is 4.67. The minimum Gasteiger partial charge on any atom is -0.490 e. The van der Waals surface area contributed by atoms with E-state index in [0.29, 0.717) is 33.7 Å². The summed E-state index contributed by atoms with van der Waals surface area (Å²) < 4.78 is 11.4. The van der Waals surface area contributed by atoms with Gasteiger partial charge in [-0.15, -0.1) is 11.3 Å². The number of Topliss-reactive ketones (excluding diaryl/α,β-unsaturated/α-hetero) is 1. The van der Waals surface area contributed by atoms with Crippen LogP contribution in [0.25, 0.3) is 6.08 Å². The number of nitrogens with one attached hydrogen (secondary N) is 2. The van der Waals surface area contributed by atoms with Crippen LogP contribution in [-0.2, 0) is 9.59 Å². The third-order valence-corrected chi connectivity index (χ3v) is 6.50. The molecule has 0 radical (unpaired) electrons. The van der Waals surface area contributed by atoms with Crippen LogP contribution in [0, 0.1) is 5.41 Å². The van der Waals surface area contributed by atoms with Gasteiger partial charge in [0.15, 0.2) is 23.9 Å². The van der Waals surface area contributed by atoms with Crippen molar-refractivity contribution < 1.29 is 19.1 Å². The molecule has 1 saturated heterocycles. The molecule has 1 fully saturated rings. The second-order valence-electron chi connectivity index (χ2n) is 6.98. The van der Waals surface area contributed by atoms with Crippen LogP contribution in [0.4, 0.5) is 5.69 Å². The van der Waals surface area contributed by atoms with E-state index in [1.54, 1.807) is 48.0 Å². The highest BCUT2D eigenvalue weighted by molar-refractivity contribution is 8.19. The highest BCUT2D eigenvalue weighted by atomic mass is 32.2. The van der Waals surface area contributed by atoms with Crippen LogP contribution < -0.4 is 14.8 Å². The first-order valence-electron chi connectivity index (χ1n) is 10.2. The van der Waals surface area contributed by atoms with Crippen molar-refractivity contribution in [1.29, 1.82) is 5.41 Å². The number of carbonyl (C=O) groups is 2. The second kappa shape index (κ2) is 10.5. The van der Waals surface area contributed by atoms with Crippen molar-refractivity contribution in [1.82, 2.24) is 4.98 Å². The maximum atomic E-state index is 12.9. The molecular formula is C24H21N3O4S2. The molecule has 2 N–H and O–H groups in total. The average Bonchev–Trinajstić information content (AvgIpc) is 3.42. The lowest BCUT2D eigenvalue weighted by Crippen LogP contribution is -2.20. The topological polar surface area (TPSA) is 101 Å². The Bertz CT molecular complexity index is 1190. The predicted molar refractivity (Wildman–Crippen MR) is 131 cm³/mol. The number of nitrogens with zero attached hydrogens (tertiary/aromatic N) is 1. The van der Waals surface area contributed by atoms with Crippen LogP contribution in [0.15, 0.2) is 65.0 Å². The van der Waals surface area contributed by atoms with Gasteiger partial charge in [-0.1, -0.05) is 36.0 Å². The van der Waals surface area contributed by atoms with E-state index in [4.69, 9.17) is 14.9 Å². The Morgan fingerprint density at radius 1 is 1.18 bits per heavy atom. The SMILES string of the molecule is CCOc1cc(/C=C2\SC(=N)[C@@H](c3nccs3)C2=O)ccc1OCC(=O)Nc1ccccc1. The lowest BCUT2D eigenvalue weighted by Gasteiger charge is -2.13. The summed E-state index contributed by atoms with van der Waals surface area (Å²) in [6, 6.07) is 14.4. The van der Waals surface area contributed by atoms with Crippen molar-refractivity contribution in [3.05, 3.63) is 75.6 Å². The Labute approximate surface area is 199 Å². The highest BCUT2D eigenvalue weighted by Crippen LogP contribution is 2.41. The third kappa shape index (κ3) is 5.50. The Morgan fingerprint density at radius 2 is 2.00 bits per heavy atom. The van der Waals surface area contributed by atoms with Gasteiger partial charge in [-0.2, -0.15) is 0 Å². The number of anilines is 1. The molecule has 168 valence electrons. The number of hydrogen-bond acceptors (Lipinski definition) is 8. The van der Waals surface area contributed by atoms with Gasteiger partial charge in [-0.25, -0.2) is 4.98 Å². The van der Waals surface area contributed by atoms with Crippen LogP contribution in [-0.4, -0.2) is 34.9 Å². The fourth-order valence-electron chi connectivity index (χ4n) is 3.21. The average molecular weight is 480 g/mol. The van der Waals surface area contributed by atoms with Gasteiger partial charge in [-0.05, 0) is 42.8 Å². The monoisotopic (exact) mass is 479 g/mol. The van der Waals surface area contributed by atoms with Gasteiger partial charge in [0.1, 0.15) is 10.9 Å². The van der Waals surface area contributed by atoms with Crippen molar-refractivity contribution >= 4 is 51.6 Å². The number of rotatable bonds is 8. The first-order chi connectivity index (χ1) is 16.0. The molecule has 0 saturated carbocycles. The molecular weight excluding hydrogens is 458 g/mol. The van der Waals surface area contributed by atoms with Crippen molar-refractivity contribution in [2.45, 2.75) is 12.8 Å². The molecule has 0 unspecified atom stereocenters. The summed E-state index contributed by atoms with van der Waals surface area (Å²) >= 11 is 2.52. The number of ketones is 1. The fraction of sp³-hybridized carbons (Fsp3) is 0.167. The Balaban J connectivity index is 1.47. The van der Waals surface area contributed by atoms with Gasteiger partial charge >= 0.3 is 0 Å². The zero-order valence-corrected chi connectivity index (χ0v) is 19.4. The van der Waals surface area contributed by atoms with Gasteiger partial charge in [0.2, 0.25) is 0 Å². The van der Waals surface area contributed by atoms with Gasteiger partial charge in [-0.3, -0.25) is 15.0 Å². The first kappa shape index (κ1) is 22.8. The van der Waals surface area contributed by atoms with E-state index in [0.717, 1.165) is 17.3 Å². The van der Waals surface area contributed by atoms with E-state index in [2.05, 4.69) is 10.3 Å². The van der Waals surface area contributed by atoms with E-state index in [9.17, 15) is 9.59 Å². The summed E-state index contributed by atoms with van der Waals surface area (Å²) in [5.74, 6) is -0.133. The molecule has 0 spiro atoms. The molecule has 1 aliphatic rings. The summed E-state index contributed by atoms with van der Waals surface area (Å²) in [5, 5.41) is 13.7. The molecule has 4 rings (SSSR count). The Kier molecular flexibility index (Phi) is 7.21. The summed E-state index contributed by atoms with van der Waals surface area (Å²) in [6.45, 7) is 2.10. The first-order valence-corrected chi connectivity index (χ1v) is 11.9. The maximum absolute atomic E-state index is 12.9.